The van der Waals surface area contributed by atoms with Crippen molar-refractivity contribution in [2.75, 3.05) is 24.2 Å². The summed E-state index contributed by atoms with van der Waals surface area (Å²) in [5, 5.41) is 0. The molecule has 0 radical (unpaired) electrons. The molecule has 2 fully saturated rings. The molecular formula is C7H14PS+. The molecule has 2 saturated heterocycles. The first-order valence-corrected chi connectivity index (χ1v) is 7.86. The van der Waals surface area contributed by atoms with Crippen LogP contribution in [0.2, 0.25) is 0 Å². The Bertz CT molecular complexity index is 84.0. The molecular weight excluding hydrogens is 147 g/mol. The van der Waals surface area contributed by atoms with Crippen LogP contribution in [0.15, 0.2) is 0 Å². The largest absolute Gasteiger partial charge is 0.0738 e. The Morgan fingerprint density at radius 3 is 2.11 bits per heavy atom. The predicted octanol–water partition coefficient (Wildman–Crippen LogP) is 2.85. The lowest BCUT2D eigenvalue weighted by molar-refractivity contribution is 0.949. The van der Waals surface area contributed by atoms with Gasteiger partial charge in [-0.25, -0.2) is 0 Å². The van der Waals surface area contributed by atoms with E-state index in [1.54, 1.807) is 37.7 Å². The van der Waals surface area contributed by atoms with Crippen molar-refractivity contribution >= 4 is 17.8 Å². The molecule has 2 heterocycles. The Labute approximate surface area is 61.9 Å². The summed E-state index contributed by atoms with van der Waals surface area (Å²) >= 11 is 2.36. The second-order valence-corrected chi connectivity index (χ2v) is 10.3. The van der Waals surface area contributed by atoms with E-state index in [0.29, 0.717) is 0 Å². The molecule has 52 valence electrons. The van der Waals surface area contributed by atoms with E-state index in [1.807, 2.05) is 0 Å². The van der Waals surface area contributed by atoms with E-state index >= 15 is 0 Å². The standard InChI is InChI=1S/C7H14PS/c1-2-5-8(4-1)6-3-7-9-8/h1-7H2/q+1. The second kappa shape index (κ2) is 2.43. The third-order valence-corrected chi connectivity index (χ3v) is 10.7. The molecule has 9 heavy (non-hydrogen) atoms. The molecule has 0 unspecified atom stereocenters. The monoisotopic (exact) mass is 161 g/mol. The average Bonchev–Trinajstić information content (AvgIpc) is 2.45. The highest BCUT2D eigenvalue weighted by molar-refractivity contribution is 8.63. The summed E-state index contributed by atoms with van der Waals surface area (Å²) in [5.41, 5.74) is 0. The lowest BCUT2D eigenvalue weighted by Crippen LogP contribution is -1.87. The van der Waals surface area contributed by atoms with Gasteiger partial charge < -0.3 is 0 Å². The highest BCUT2D eigenvalue weighted by Gasteiger charge is 2.45. The molecule has 2 heteroatoms. The third kappa shape index (κ3) is 1.14. The zero-order chi connectivity index (χ0) is 6.16. The fourth-order valence-electron chi connectivity index (χ4n) is 1.94. The fraction of sp³-hybridized carbons (Fsp3) is 1.00. The van der Waals surface area contributed by atoms with Crippen LogP contribution in [0.5, 0.6) is 0 Å². The molecule has 0 aromatic carbocycles. The summed E-state index contributed by atoms with van der Waals surface area (Å²) in [6.45, 7) is -0.281. The Morgan fingerprint density at radius 2 is 1.56 bits per heavy atom. The van der Waals surface area contributed by atoms with Gasteiger partial charge in [-0.3, -0.25) is 0 Å². The number of hydrogen-bond acceptors (Lipinski definition) is 1. The predicted molar refractivity (Wildman–Crippen MR) is 47.8 cm³/mol. The van der Waals surface area contributed by atoms with Crippen molar-refractivity contribution in [3.8, 4) is 0 Å². The average molecular weight is 161 g/mol. The minimum atomic E-state index is -0.281. The maximum absolute atomic E-state index is 2.36. The minimum Gasteiger partial charge on any atom is -0.0148 e. The van der Waals surface area contributed by atoms with Crippen molar-refractivity contribution in [3.63, 3.8) is 0 Å². The molecule has 0 aromatic heterocycles. The molecule has 0 aliphatic carbocycles. The van der Waals surface area contributed by atoms with Gasteiger partial charge in [-0.05, 0) is 19.3 Å². The normalized spacial score (nSPS) is 32.0. The highest BCUT2D eigenvalue weighted by Crippen LogP contribution is 2.77. The van der Waals surface area contributed by atoms with Gasteiger partial charge in [0.2, 0.25) is 0 Å². The molecule has 0 bridgehead atoms. The van der Waals surface area contributed by atoms with Gasteiger partial charge in [0.1, 0.15) is 0 Å². The summed E-state index contributed by atoms with van der Waals surface area (Å²) in [6, 6.07) is 0. The van der Waals surface area contributed by atoms with E-state index in [0.717, 1.165) is 0 Å². The number of rotatable bonds is 0. The Kier molecular flexibility index (Phi) is 1.75. The van der Waals surface area contributed by atoms with Gasteiger partial charge in [-0.15, -0.1) is 0 Å². The van der Waals surface area contributed by atoms with Crippen LogP contribution in [0.1, 0.15) is 19.3 Å². The fourth-order valence-corrected chi connectivity index (χ4v) is 10.1. The summed E-state index contributed by atoms with van der Waals surface area (Å²) in [6.07, 6.45) is 9.56. The lowest BCUT2D eigenvalue weighted by atomic mass is 10.4. The van der Waals surface area contributed by atoms with Crippen molar-refractivity contribution in [1.29, 1.82) is 0 Å². The van der Waals surface area contributed by atoms with Crippen LogP contribution in [0.3, 0.4) is 0 Å². The zero-order valence-corrected chi connectivity index (χ0v) is 7.52. The molecule has 2 aliphatic heterocycles. The third-order valence-electron chi connectivity index (χ3n) is 2.46. The van der Waals surface area contributed by atoms with Crippen molar-refractivity contribution in [2.24, 2.45) is 0 Å². The minimum absolute atomic E-state index is 0.281. The maximum Gasteiger partial charge on any atom is 0.0738 e. The van der Waals surface area contributed by atoms with Gasteiger partial charge in [0.25, 0.3) is 0 Å². The molecule has 0 amide bonds. The van der Waals surface area contributed by atoms with E-state index < -0.39 is 0 Å². The van der Waals surface area contributed by atoms with Gasteiger partial charge in [0.15, 0.2) is 0 Å². The lowest BCUT2D eigenvalue weighted by Gasteiger charge is -2.10. The van der Waals surface area contributed by atoms with Crippen LogP contribution in [0, 0.1) is 0 Å². The molecule has 0 nitrogen and oxygen atoms in total. The molecule has 0 saturated carbocycles. The van der Waals surface area contributed by atoms with Crippen LogP contribution in [-0.2, 0) is 0 Å². The Hall–Kier alpha value is 0.780. The highest BCUT2D eigenvalue weighted by atomic mass is 32.7. The smallest absolute Gasteiger partial charge is 0.0148 e. The zero-order valence-electron chi connectivity index (χ0n) is 5.81. The molecule has 0 atom stereocenters. The van der Waals surface area contributed by atoms with Crippen LogP contribution >= 0.6 is 17.8 Å². The van der Waals surface area contributed by atoms with Gasteiger partial charge in [-0.1, -0.05) is 0 Å². The van der Waals surface area contributed by atoms with Gasteiger partial charge in [-0.2, -0.15) is 0 Å². The molecule has 2 aliphatic rings. The Balaban J connectivity index is 2.04. The van der Waals surface area contributed by atoms with Crippen LogP contribution < -0.4 is 0 Å². The van der Waals surface area contributed by atoms with Gasteiger partial charge in [0.05, 0.1) is 25.0 Å². The van der Waals surface area contributed by atoms with Gasteiger partial charge >= 0.3 is 0 Å². The van der Waals surface area contributed by atoms with Gasteiger partial charge in [0, 0.05) is 17.1 Å². The van der Waals surface area contributed by atoms with Crippen LogP contribution in [0.25, 0.3) is 0 Å². The van der Waals surface area contributed by atoms with E-state index in [-0.39, 0.29) is 6.46 Å². The second-order valence-electron chi connectivity index (χ2n) is 3.12. The van der Waals surface area contributed by atoms with E-state index in [1.165, 1.54) is 5.75 Å². The van der Waals surface area contributed by atoms with E-state index in [4.69, 9.17) is 0 Å². The van der Waals surface area contributed by atoms with Crippen molar-refractivity contribution in [3.05, 3.63) is 0 Å². The molecule has 0 N–H and O–H groups in total. The van der Waals surface area contributed by atoms with Crippen molar-refractivity contribution in [1.82, 2.24) is 0 Å². The summed E-state index contributed by atoms with van der Waals surface area (Å²) in [5.74, 6) is 1.49. The number of hydrogen-bond donors (Lipinski definition) is 0. The molecule has 0 aromatic rings. The van der Waals surface area contributed by atoms with Crippen LogP contribution in [-0.4, -0.2) is 24.2 Å². The van der Waals surface area contributed by atoms with Crippen molar-refractivity contribution < 1.29 is 0 Å². The van der Waals surface area contributed by atoms with E-state index in [2.05, 4.69) is 11.4 Å². The maximum atomic E-state index is 2.36. The topological polar surface area (TPSA) is 0 Å². The van der Waals surface area contributed by atoms with Crippen molar-refractivity contribution in [2.45, 2.75) is 19.3 Å². The first-order valence-electron chi connectivity index (χ1n) is 3.92. The quantitative estimate of drug-likeness (QED) is 0.492. The SMILES string of the molecule is C1CC[P+]2(C1)CCCS2. The first-order chi connectivity index (χ1) is 4.41. The summed E-state index contributed by atoms with van der Waals surface area (Å²) in [4.78, 5) is 0. The molecule has 1 spiro atoms. The summed E-state index contributed by atoms with van der Waals surface area (Å²) < 4.78 is 0. The first kappa shape index (κ1) is 6.49. The van der Waals surface area contributed by atoms with Crippen LogP contribution in [0.4, 0.5) is 0 Å². The molecule has 2 rings (SSSR count). The summed E-state index contributed by atoms with van der Waals surface area (Å²) in [7, 11) is 0. The van der Waals surface area contributed by atoms with E-state index in [9.17, 15) is 0 Å². The Morgan fingerprint density at radius 1 is 0.889 bits per heavy atom.